The molecule has 1 aliphatic carbocycles. The van der Waals surface area contributed by atoms with Gasteiger partial charge in [0.25, 0.3) is 0 Å². The quantitative estimate of drug-likeness (QED) is 0.689. The van der Waals surface area contributed by atoms with Crippen molar-refractivity contribution in [2.75, 3.05) is 11.9 Å². The lowest BCUT2D eigenvalue weighted by Gasteiger charge is -2.23. The zero-order chi connectivity index (χ0) is 7.97. The number of furan rings is 1. The molecular formula is C9H11NO2. The van der Waals surface area contributed by atoms with Gasteiger partial charge in [-0.15, -0.1) is 0 Å². The van der Waals surface area contributed by atoms with Crippen molar-refractivity contribution in [2.24, 2.45) is 5.92 Å². The Kier molecular flexibility index (Phi) is 1.17. The van der Waals surface area contributed by atoms with Crippen LogP contribution in [0.1, 0.15) is 12.8 Å². The van der Waals surface area contributed by atoms with Crippen LogP contribution in [0.15, 0.2) is 16.7 Å². The van der Waals surface area contributed by atoms with Crippen LogP contribution < -0.4 is 10.1 Å². The van der Waals surface area contributed by atoms with E-state index in [1.54, 1.807) is 6.26 Å². The van der Waals surface area contributed by atoms with E-state index in [1.165, 1.54) is 12.8 Å². The average Bonchev–Trinajstić information content (AvgIpc) is 2.84. The van der Waals surface area contributed by atoms with Crippen molar-refractivity contribution < 1.29 is 9.15 Å². The highest BCUT2D eigenvalue weighted by molar-refractivity contribution is 5.52. The fraction of sp³-hybridized carbons (Fsp3) is 0.556. The third-order valence-electron chi connectivity index (χ3n) is 2.53. The predicted molar refractivity (Wildman–Crippen MR) is 44.3 cm³/mol. The van der Waals surface area contributed by atoms with Crippen molar-refractivity contribution in [1.82, 2.24) is 0 Å². The summed E-state index contributed by atoms with van der Waals surface area (Å²) in [4.78, 5) is 0. The van der Waals surface area contributed by atoms with Crippen LogP contribution in [0.5, 0.6) is 5.95 Å². The molecular weight excluding hydrogens is 154 g/mol. The highest BCUT2D eigenvalue weighted by Gasteiger charge is 2.36. The first-order valence-corrected chi connectivity index (χ1v) is 4.41. The lowest BCUT2D eigenvalue weighted by atomic mass is 10.2. The van der Waals surface area contributed by atoms with E-state index >= 15 is 0 Å². The number of hydrogen-bond donors (Lipinski definition) is 1. The van der Waals surface area contributed by atoms with Crippen molar-refractivity contribution >= 4 is 5.69 Å². The molecule has 64 valence electrons. The molecule has 1 unspecified atom stereocenters. The summed E-state index contributed by atoms with van der Waals surface area (Å²) in [6, 6.07) is 1.90. The maximum absolute atomic E-state index is 5.67. The zero-order valence-electron chi connectivity index (χ0n) is 6.75. The first-order chi connectivity index (χ1) is 5.93. The maximum atomic E-state index is 5.67. The number of rotatable bonds is 1. The molecule has 1 atom stereocenters. The van der Waals surface area contributed by atoms with Crippen LogP contribution in [0.25, 0.3) is 0 Å². The van der Waals surface area contributed by atoms with Crippen LogP contribution >= 0.6 is 0 Å². The molecule has 2 heterocycles. The molecule has 1 saturated carbocycles. The van der Waals surface area contributed by atoms with Crippen molar-refractivity contribution in [1.29, 1.82) is 0 Å². The summed E-state index contributed by atoms with van der Waals surface area (Å²) in [7, 11) is 0. The molecule has 1 aromatic rings. The fourth-order valence-electron chi connectivity index (χ4n) is 1.64. The largest absolute Gasteiger partial charge is 0.458 e. The van der Waals surface area contributed by atoms with E-state index in [0.717, 1.165) is 18.2 Å². The normalized spacial score (nSPS) is 27.2. The molecule has 0 saturated heterocycles. The van der Waals surface area contributed by atoms with Gasteiger partial charge in [0, 0.05) is 6.07 Å². The second-order valence-electron chi connectivity index (χ2n) is 3.50. The van der Waals surface area contributed by atoms with Gasteiger partial charge in [-0.05, 0) is 18.8 Å². The summed E-state index contributed by atoms with van der Waals surface area (Å²) in [6.45, 7) is 0.928. The Morgan fingerprint density at radius 2 is 2.33 bits per heavy atom. The molecule has 1 fully saturated rings. The van der Waals surface area contributed by atoms with E-state index in [1.807, 2.05) is 6.07 Å². The molecule has 1 aromatic heterocycles. The Balaban J connectivity index is 1.83. The topological polar surface area (TPSA) is 34.4 Å². The van der Waals surface area contributed by atoms with Gasteiger partial charge in [0.15, 0.2) is 0 Å². The van der Waals surface area contributed by atoms with Crippen LogP contribution in [-0.2, 0) is 0 Å². The van der Waals surface area contributed by atoms with Crippen molar-refractivity contribution in [3.8, 4) is 5.95 Å². The molecule has 3 nitrogen and oxygen atoms in total. The molecule has 0 radical (unpaired) electrons. The second-order valence-corrected chi connectivity index (χ2v) is 3.50. The van der Waals surface area contributed by atoms with Gasteiger partial charge in [-0.3, -0.25) is 0 Å². The Labute approximate surface area is 70.7 Å². The maximum Gasteiger partial charge on any atom is 0.309 e. The number of ether oxygens (including phenoxy) is 1. The molecule has 12 heavy (non-hydrogen) atoms. The first-order valence-electron chi connectivity index (χ1n) is 4.41. The van der Waals surface area contributed by atoms with Gasteiger partial charge in [0.1, 0.15) is 11.8 Å². The minimum atomic E-state index is 0.337. The van der Waals surface area contributed by atoms with Gasteiger partial charge in [0.2, 0.25) is 0 Å². The lowest BCUT2D eigenvalue weighted by Crippen LogP contribution is -2.31. The smallest absolute Gasteiger partial charge is 0.309 e. The number of nitrogens with one attached hydrogen (secondary N) is 1. The third kappa shape index (κ3) is 0.891. The van der Waals surface area contributed by atoms with E-state index in [9.17, 15) is 0 Å². The summed E-state index contributed by atoms with van der Waals surface area (Å²) >= 11 is 0. The Morgan fingerprint density at radius 1 is 1.42 bits per heavy atom. The van der Waals surface area contributed by atoms with E-state index < -0.39 is 0 Å². The summed E-state index contributed by atoms with van der Waals surface area (Å²) < 4.78 is 10.8. The number of anilines is 1. The zero-order valence-corrected chi connectivity index (χ0v) is 6.75. The molecule has 0 aromatic carbocycles. The highest BCUT2D eigenvalue weighted by Crippen LogP contribution is 2.39. The molecule has 0 bridgehead atoms. The molecule has 2 aliphatic rings. The Hall–Kier alpha value is -1.12. The summed E-state index contributed by atoms with van der Waals surface area (Å²) in [5.41, 5.74) is 0.993. The van der Waals surface area contributed by atoms with E-state index in [2.05, 4.69) is 5.32 Å². The van der Waals surface area contributed by atoms with Crippen LogP contribution in [0.4, 0.5) is 5.69 Å². The number of hydrogen-bond acceptors (Lipinski definition) is 3. The van der Waals surface area contributed by atoms with Crippen molar-refractivity contribution in [2.45, 2.75) is 18.9 Å². The van der Waals surface area contributed by atoms with E-state index in [-0.39, 0.29) is 0 Å². The average molecular weight is 165 g/mol. The van der Waals surface area contributed by atoms with Gasteiger partial charge in [-0.25, -0.2) is 0 Å². The molecule has 1 N–H and O–H groups in total. The van der Waals surface area contributed by atoms with Gasteiger partial charge in [0.05, 0.1) is 12.8 Å². The summed E-state index contributed by atoms with van der Waals surface area (Å²) in [6.07, 6.45) is 4.61. The van der Waals surface area contributed by atoms with Crippen LogP contribution in [0, 0.1) is 5.92 Å². The Bertz CT molecular complexity index is 290. The SMILES string of the molecule is c1cc2c(o1)OC(C1CC1)CN2. The molecule has 3 heteroatoms. The van der Waals surface area contributed by atoms with Crippen molar-refractivity contribution in [3.63, 3.8) is 0 Å². The third-order valence-corrected chi connectivity index (χ3v) is 2.53. The minimum Gasteiger partial charge on any atom is -0.458 e. The second kappa shape index (κ2) is 2.19. The van der Waals surface area contributed by atoms with Gasteiger partial charge in [-0.1, -0.05) is 0 Å². The molecule has 1 aliphatic heterocycles. The first kappa shape index (κ1) is 6.40. The standard InChI is InChI=1S/C9H11NO2/c1-2-6(1)8-5-10-7-3-4-11-9(7)12-8/h3-4,6,8,10H,1-2,5H2. The van der Waals surface area contributed by atoms with E-state index in [0.29, 0.717) is 12.1 Å². The van der Waals surface area contributed by atoms with Crippen LogP contribution in [-0.4, -0.2) is 12.6 Å². The summed E-state index contributed by atoms with van der Waals surface area (Å²) in [5.74, 6) is 1.42. The van der Waals surface area contributed by atoms with Gasteiger partial charge < -0.3 is 14.5 Å². The molecule has 0 spiro atoms. The van der Waals surface area contributed by atoms with E-state index in [4.69, 9.17) is 9.15 Å². The monoisotopic (exact) mass is 165 g/mol. The number of fused-ring (bicyclic) bond motifs is 1. The summed E-state index contributed by atoms with van der Waals surface area (Å²) in [5, 5.41) is 3.30. The molecule has 0 amide bonds. The van der Waals surface area contributed by atoms with Crippen LogP contribution in [0.2, 0.25) is 0 Å². The highest BCUT2D eigenvalue weighted by atomic mass is 16.6. The Morgan fingerprint density at radius 3 is 3.17 bits per heavy atom. The predicted octanol–water partition coefficient (Wildman–Crippen LogP) is 1.86. The minimum absolute atomic E-state index is 0.337. The van der Waals surface area contributed by atoms with Gasteiger partial charge >= 0.3 is 5.95 Å². The van der Waals surface area contributed by atoms with Crippen LogP contribution in [0.3, 0.4) is 0 Å². The van der Waals surface area contributed by atoms with Gasteiger partial charge in [-0.2, -0.15) is 0 Å². The fourth-order valence-corrected chi connectivity index (χ4v) is 1.64. The lowest BCUT2D eigenvalue weighted by molar-refractivity contribution is 0.140. The van der Waals surface area contributed by atoms with Crippen molar-refractivity contribution in [3.05, 3.63) is 12.3 Å². The molecule has 3 rings (SSSR count).